The molecule has 1 heterocycles. The number of hydrogen-bond acceptors (Lipinski definition) is 4. The predicted octanol–water partition coefficient (Wildman–Crippen LogP) is 2.11. The average molecular weight is 298 g/mol. The van der Waals surface area contributed by atoms with Gasteiger partial charge in [0.1, 0.15) is 24.4 Å². The third-order valence-electron chi connectivity index (χ3n) is 3.89. The van der Waals surface area contributed by atoms with Crippen LogP contribution in [0.15, 0.2) is 30.6 Å². The van der Waals surface area contributed by atoms with Crippen molar-refractivity contribution in [2.24, 2.45) is 0 Å². The molecular weight excluding hydrogens is 280 g/mol. The van der Waals surface area contributed by atoms with Crippen molar-refractivity contribution in [1.29, 1.82) is 0 Å². The molecule has 0 saturated carbocycles. The minimum Gasteiger partial charge on any atom is -0.425 e. The minimum atomic E-state index is -0.330. The SMILES string of the molecule is O=CCCc1nccn1CC(=O)Oc1ccc2c(c1)CCC2. The maximum atomic E-state index is 12.1. The molecule has 2 aromatic rings. The van der Waals surface area contributed by atoms with Crippen molar-refractivity contribution in [2.45, 2.75) is 38.6 Å². The maximum absolute atomic E-state index is 12.1. The molecule has 0 saturated heterocycles. The van der Waals surface area contributed by atoms with Gasteiger partial charge in [0.25, 0.3) is 0 Å². The summed E-state index contributed by atoms with van der Waals surface area (Å²) in [5, 5.41) is 0. The summed E-state index contributed by atoms with van der Waals surface area (Å²) in [6.07, 6.45) is 8.47. The Morgan fingerprint density at radius 3 is 3.05 bits per heavy atom. The summed E-state index contributed by atoms with van der Waals surface area (Å²) in [5.41, 5.74) is 2.63. The highest BCUT2D eigenvalue weighted by atomic mass is 16.5. The molecular formula is C17H18N2O3. The van der Waals surface area contributed by atoms with E-state index in [9.17, 15) is 9.59 Å². The van der Waals surface area contributed by atoms with Crippen LogP contribution >= 0.6 is 0 Å². The summed E-state index contributed by atoms with van der Waals surface area (Å²) in [7, 11) is 0. The fourth-order valence-corrected chi connectivity index (χ4v) is 2.81. The number of imidazole rings is 1. The standard InChI is InChI=1S/C17H18N2O3/c20-10-2-5-16-18-8-9-19(16)12-17(21)22-15-7-6-13-3-1-4-14(13)11-15/h6-11H,1-5,12H2. The number of carbonyl (C=O) groups excluding carboxylic acids is 2. The highest BCUT2D eigenvalue weighted by Gasteiger charge is 2.14. The lowest BCUT2D eigenvalue weighted by Gasteiger charge is -2.09. The Hall–Kier alpha value is -2.43. The number of fused-ring (bicyclic) bond motifs is 1. The van der Waals surface area contributed by atoms with Crippen LogP contribution in [0.2, 0.25) is 0 Å². The molecule has 0 spiro atoms. The van der Waals surface area contributed by atoms with Gasteiger partial charge in [-0.1, -0.05) is 6.07 Å². The minimum absolute atomic E-state index is 0.102. The highest BCUT2D eigenvalue weighted by molar-refractivity contribution is 5.72. The third kappa shape index (κ3) is 3.24. The molecule has 0 amide bonds. The second-order valence-corrected chi connectivity index (χ2v) is 5.43. The second-order valence-electron chi connectivity index (χ2n) is 5.43. The molecule has 0 atom stereocenters. The van der Waals surface area contributed by atoms with Gasteiger partial charge in [-0.2, -0.15) is 0 Å². The van der Waals surface area contributed by atoms with Crippen molar-refractivity contribution >= 4 is 12.3 Å². The molecule has 1 aliphatic carbocycles. The maximum Gasteiger partial charge on any atom is 0.331 e. The van der Waals surface area contributed by atoms with Gasteiger partial charge in [0.15, 0.2) is 0 Å². The number of carbonyl (C=O) groups is 2. The van der Waals surface area contributed by atoms with Gasteiger partial charge in [0.2, 0.25) is 0 Å². The van der Waals surface area contributed by atoms with E-state index in [-0.39, 0.29) is 12.5 Å². The largest absolute Gasteiger partial charge is 0.425 e. The summed E-state index contributed by atoms with van der Waals surface area (Å²) >= 11 is 0. The predicted molar refractivity (Wildman–Crippen MR) is 80.7 cm³/mol. The molecule has 114 valence electrons. The van der Waals surface area contributed by atoms with E-state index in [4.69, 9.17) is 4.74 Å². The van der Waals surface area contributed by atoms with E-state index in [1.807, 2.05) is 18.2 Å². The van der Waals surface area contributed by atoms with Gasteiger partial charge in [-0.05, 0) is 42.5 Å². The van der Waals surface area contributed by atoms with Crippen molar-refractivity contribution in [3.8, 4) is 5.75 Å². The van der Waals surface area contributed by atoms with E-state index in [0.29, 0.717) is 18.6 Å². The van der Waals surface area contributed by atoms with Gasteiger partial charge in [-0.25, -0.2) is 9.78 Å². The molecule has 0 radical (unpaired) electrons. The van der Waals surface area contributed by atoms with Gasteiger partial charge < -0.3 is 14.1 Å². The zero-order valence-corrected chi connectivity index (χ0v) is 12.3. The molecule has 1 aromatic carbocycles. The zero-order chi connectivity index (χ0) is 15.4. The lowest BCUT2D eigenvalue weighted by Crippen LogP contribution is -2.17. The average Bonchev–Trinajstić information content (AvgIpc) is 3.13. The highest BCUT2D eigenvalue weighted by Crippen LogP contribution is 2.26. The van der Waals surface area contributed by atoms with E-state index in [0.717, 1.165) is 25.0 Å². The molecule has 0 aliphatic heterocycles. The topological polar surface area (TPSA) is 61.2 Å². The monoisotopic (exact) mass is 298 g/mol. The second kappa shape index (κ2) is 6.56. The van der Waals surface area contributed by atoms with Gasteiger partial charge in [-0.3, -0.25) is 0 Å². The van der Waals surface area contributed by atoms with Crippen LogP contribution in [0, 0.1) is 0 Å². The molecule has 0 N–H and O–H groups in total. The van der Waals surface area contributed by atoms with Crippen LogP contribution in [0.25, 0.3) is 0 Å². The van der Waals surface area contributed by atoms with Gasteiger partial charge in [0.05, 0.1) is 0 Å². The normalized spacial score (nSPS) is 12.9. The number of aldehydes is 1. The molecule has 0 bridgehead atoms. The van der Waals surface area contributed by atoms with Crippen LogP contribution in [-0.2, 0) is 35.4 Å². The Bertz CT molecular complexity index is 691. The Balaban J connectivity index is 1.63. The van der Waals surface area contributed by atoms with E-state index in [1.165, 1.54) is 17.5 Å². The number of aromatic nitrogens is 2. The molecule has 1 aliphatic rings. The Morgan fingerprint density at radius 1 is 1.32 bits per heavy atom. The number of aryl methyl sites for hydroxylation is 3. The molecule has 5 heteroatoms. The number of hydrogen-bond donors (Lipinski definition) is 0. The van der Waals surface area contributed by atoms with Crippen LogP contribution in [0.3, 0.4) is 0 Å². The van der Waals surface area contributed by atoms with E-state index in [1.54, 1.807) is 17.0 Å². The first-order valence-electron chi connectivity index (χ1n) is 7.52. The summed E-state index contributed by atoms with van der Waals surface area (Å²) < 4.78 is 7.14. The molecule has 3 rings (SSSR count). The van der Waals surface area contributed by atoms with E-state index in [2.05, 4.69) is 4.98 Å². The van der Waals surface area contributed by atoms with Gasteiger partial charge >= 0.3 is 5.97 Å². The van der Waals surface area contributed by atoms with Crippen LogP contribution < -0.4 is 4.74 Å². The fourth-order valence-electron chi connectivity index (χ4n) is 2.81. The van der Waals surface area contributed by atoms with Crippen LogP contribution in [0.1, 0.15) is 29.8 Å². The first kappa shape index (κ1) is 14.5. The number of benzene rings is 1. The van der Waals surface area contributed by atoms with E-state index < -0.39 is 0 Å². The summed E-state index contributed by atoms with van der Waals surface area (Å²) in [4.78, 5) is 26.7. The Kier molecular flexibility index (Phi) is 4.32. The summed E-state index contributed by atoms with van der Waals surface area (Å²) in [5.74, 6) is 0.988. The zero-order valence-electron chi connectivity index (χ0n) is 12.3. The van der Waals surface area contributed by atoms with Crippen LogP contribution in [-0.4, -0.2) is 21.8 Å². The van der Waals surface area contributed by atoms with Gasteiger partial charge in [-0.15, -0.1) is 0 Å². The van der Waals surface area contributed by atoms with E-state index >= 15 is 0 Å². The number of nitrogens with zero attached hydrogens (tertiary/aromatic N) is 2. The summed E-state index contributed by atoms with van der Waals surface area (Å²) in [6.45, 7) is 0.102. The Morgan fingerprint density at radius 2 is 2.18 bits per heavy atom. The lowest BCUT2D eigenvalue weighted by atomic mass is 10.1. The van der Waals surface area contributed by atoms with Gasteiger partial charge in [0, 0.05) is 25.2 Å². The first-order chi connectivity index (χ1) is 10.8. The van der Waals surface area contributed by atoms with Crippen molar-refractivity contribution in [1.82, 2.24) is 9.55 Å². The van der Waals surface area contributed by atoms with Crippen LogP contribution in [0.4, 0.5) is 0 Å². The third-order valence-corrected chi connectivity index (χ3v) is 3.89. The van der Waals surface area contributed by atoms with Crippen molar-refractivity contribution in [2.75, 3.05) is 0 Å². The van der Waals surface area contributed by atoms with Crippen molar-refractivity contribution in [3.05, 3.63) is 47.5 Å². The number of esters is 1. The molecule has 1 aromatic heterocycles. The molecule has 5 nitrogen and oxygen atoms in total. The number of ether oxygens (including phenoxy) is 1. The quantitative estimate of drug-likeness (QED) is 0.465. The first-order valence-corrected chi connectivity index (χ1v) is 7.52. The number of rotatable bonds is 6. The molecule has 0 fully saturated rings. The lowest BCUT2D eigenvalue weighted by molar-refractivity contribution is -0.135. The van der Waals surface area contributed by atoms with Crippen molar-refractivity contribution in [3.63, 3.8) is 0 Å². The molecule has 22 heavy (non-hydrogen) atoms. The fraction of sp³-hybridized carbons (Fsp3) is 0.353. The Labute approximate surface area is 128 Å². The summed E-state index contributed by atoms with van der Waals surface area (Å²) in [6, 6.07) is 5.85. The van der Waals surface area contributed by atoms with Crippen molar-refractivity contribution < 1.29 is 14.3 Å². The molecule has 0 unspecified atom stereocenters. The van der Waals surface area contributed by atoms with Crippen LogP contribution in [0.5, 0.6) is 5.75 Å². The smallest absolute Gasteiger partial charge is 0.331 e.